The van der Waals surface area contributed by atoms with Crippen LogP contribution in [0.15, 0.2) is 12.3 Å². The second-order valence-corrected chi connectivity index (χ2v) is 2.72. The zero-order valence-electron chi connectivity index (χ0n) is 7.34. The molecular formula is C10H17N. The van der Waals surface area contributed by atoms with Crippen molar-refractivity contribution >= 4 is 0 Å². The molecule has 1 nitrogen and oxygen atoms in total. The van der Waals surface area contributed by atoms with Crippen LogP contribution in [0.1, 0.15) is 45.4 Å². The number of allylic oxidation sites excluding steroid dienone is 1. The van der Waals surface area contributed by atoms with Crippen molar-refractivity contribution in [3.63, 3.8) is 0 Å². The van der Waals surface area contributed by atoms with Crippen LogP contribution in [-0.2, 0) is 0 Å². The van der Waals surface area contributed by atoms with E-state index in [4.69, 9.17) is 6.57 Å². The van der Waals surface area contributed by atoms with Gasteiger partial charge < -0.3 is 0 Å². The summed E-state index contributed by atoms with van der Waals surface area (Å²) in [6.45, 7) is 8.71. The van der Waals surface area contributed by atoms with Gasteiger partial charge in [0.15, 0.2) is 0 Å². The minimum absolute atomic E-state index is 1.08. The van der Waals surface area contributed by atoms with Crippen LogP contribution in [0.3, 0.4) is 0 Å². The summed E-state index contributed by atoms with van der Waals surface area (Å²) in [6.07, 6.45) is 11.2. The highest BCUT2D eigenvalue weighted by Crippen LogP contribution is 2.04. The molecule has 0 aromatic rings. The summed E-state index contributed by atoms with van der Waals surface area (Å²) < 4.78 is 0. The first kappa shape index (κ1) is 10.2. The van der Waals surface area contributed by atoms with Crippen molar-refractivity contribution in [2.45, 2.75) is 45.4 Å². The quantitative estimate of drug-likeness (QED) is 0.402. The van der Waals surface area contributed by atoms with Gasteiger partial charge in [-0.2, -0.15) is 0 Å². The molecule has 0 unspecified atom stereocenters. The summed E-state index contributed by atoms with van der Waals surface area (Å²) in [4.78, 5) is 3.14. The van der Waals surface area contributed by atoms with Crippen LogP contribution in [0.5, 0.6) is 0 Å². The average Bonchev–Trinajstić information content (AvgIpc) is 2.03. The van der Waals surface area contributed by atoms with E-state index in [9.17, 15) is 0 Å². The molecular weight excluding hydrogens is 134 g/mol. The van der Waals surface area contributed by atoms with Crippen LogP contribution in [0.25, 0.3) is 4.85 Å². The second-order valence-electron chi connectivity index (χ2n) is 2.72. The fourth-order valence-electron chi connectivity index (χ4n) is 0.993. The largest absolute Gasteiger partial charge is 0.246 e. The summed E-state index contributed by atoms with van der Waals surface area (Å²) in [6, 6.07) is 0. The van der Waals surface area contributed by atoms with Crippen LogP contribution in [0.4, 0.5) is 0 Å². The van der Waals surface area contributed by atoms with E-state index in [1.165, 1.54) is 32.1 Å². The number of nitrogens with zero attached hydrogens (tertiary/aromatic N) is 1. The molecule has 0 aromatic carbocycles. The molecule has 0 rings (SSSR count). The molecule has 0 fully saturated rings. The lowest BCUT2D eigenvalue weighted by molar-refractivity contribution is 0.637. The lowest BCUT2D eigenvalue weighted by Crippen LogP contribution is -1.75. The number of unbranched alkanes of at least 4 members (excludes halogenated alkanes) is 5. The molecule has 0 aliphatic carbocycles. The Balaban J connectivity index is 2.92. The lowest BCUT2D eigenvalue weighted by atomic mass is 10.1. The monoisotopic (exact) mass is 151 g/mol. The summed E-state index contributed by atoms with van der Waals surface area (Å²) in [5.41, 5.74) is 0. The molecule has 0 amide bonds. The molecule has 0 radical (unpaired) electrons. The Labute approximate surface area is 69.9 Å². The molecule has 0 saturated carbocycles. The first-order valence-corrected chi connectivity index (χ1v) is 4.43. The van der Waals surface area contributed by atoms with Crippen molar-refractivity contribution in [2.75, 3.05) is 0 Å². The van der Waals surface area contributed by atoms with Crippen molar-refractivity contribution in [1.82, 2.24) is 0 Å². The molecule has 0 spiro atoms. The van der Waals surface area contributed by atoms with E-state index >= 15 is 0 Å². The van der Waals surface area contributed by atoms with Gasteiger partial charge in [-0.05, 0) is 6.42 Å². The maximum absolute atomic E-state index is 6.49. The van der Waals surface area contributed by atoms with Crippen LogP contribution in [-0.4, -0.2) is 0 Å². The maximum atomic E-state index is 6.49. The Kier molecular flexibility index (Phi) is 8.58. The first-order valence-electron chi connectivity index (χ1n) is 4.43. The molecule has 0 aliphatic heterocycles. The highest BCUT2D eigenvalue weighted by molar-refractivity contribution is 4.88. The van der Waals surface area contributed by atoms with Gasteiger partial charge in [0.25, 0.3) is 0 Å². The predicted octanol–water partition coefficient (Wildman–Crippen LogP) is 3.78. The van der Waals surface area contributed by atoms with Crippen molar-refractivity contribution in [1.29, 1.82) is 0 Å². The lowest BCUT2D eigenvalue weighted by Gasteiger charge is -1.94. The molecule has 0 aromatic heterocycles. The van der Waals surface area contributed by atoms with E-state index in [0.29, 0.717) is 0 Å². The summed E-state index contributed by atoms with van der Waals surface area (Å²) >= 11 is 0. The molecule has 11 heavy (non-hydrogen) atoms. The molecule has 0 bridgehead atoms. The Morgan fingerprint density at radius 3 is 2.55 bits per heavy atom. The van der Waals surface area contributed by atoms with Crippen LogP contribution in [0.2, 0.25) is 0 Å². The normalized spacial score (nSPS) is 10.2. The van der Waals surface area contributed by atoms with Gasteiger partial charge in [0.05, 0.1) is 6.57 Å². The predicted molar refractivity (Wildman–Crippen MR) is 49.1 cm³/mol. The Morgan fingerprint density at radius 2 is 1.91 bits per heavy atom. The van der Waals surface area contributed by atoms with Gasteiger partial charge >= 0.3 is 0 Å². The van der Waals surface area contributed by atoms with Crippen molar-refractivity contribution in [3.8, 4) is 0 Å². The first-order chi connectivity index (χ1) is 5.41. The van der Waals surface area contributed by atoms with E-state index in [1.54, 1.807) is 6.20 Å². The van der Waals surface area contributed by atoms with Gasteiger partial charge in [-0.15, -0.1) is 0 Å². The van der Waals surface area contributed by atoms with E-state index in [-0.39, 0.29) is 0 Å². The third-order valence-corrected chi connectivity index (χ3v) is 1.65. The standard InChI is InChI=1S/C10H17N/c1-3-4-5-6-7-8-9-10-11-2/h9-10H,3-8H2,1H3/b10-9+. The molecule has 0 atom stereocenters. The maximum Gasteiger partial charge on any atom is 0.150 e. The van der Waals surface area contributed by atoms with Crippen LogP contribution < -0.4 is 0 Å². The van der Waals surface area contributed by atoms with Gasteiger partial charge in [0.1, 0.15) is 6.20 Å². The fourth-order valence-corrected chi connectivity index (χ4v) is 0.993. The molecule has 0 saturated heterocycles. The smallest absolute Gasteiger partial charge is 0.150 e. The SMILES string of the molecule is [C-]#[N+]/C=C/CCCCCCC. The molecule has 0 N–H and O–H groups in total. The molecule has 62 valence electrons. The summed E-state index contributed by atoms with van der Waals surface area (Å²) in [7, 11) is 0. The minimum atomic E-state index is 1.08. The van der Waals surface area contributed by atoms with E-state index in [2.05, 4.69) is 11.8 Å². The Morgan fingerprint density at radius 1 is 1.18 bits per heavy atom. The minimum Gasteiger partial charge on any atom is -0.246 e. The second kappa shape index (κ2) is 9.23. The van der Waals surface area contributed by atoms with Crippen molar-refractivity contribution < 1.29 is 0 Å². The van der Waals surface area contributed by atoms with Crippen LogP contribution >= 0.6 is 0 Å². The van der Waals surface area contributed by atoms with Gasteiger partial charge in [-0.1, -0.05) is 45.1 Å². The third kappa shape index (κ3) is 9.23. The van der Waals surface area contributed by atoms with Gasteiger partial charge in [-0.3, -0.25) is 0 Å². The van der Waals surface area contributed by atoms with Gasteiger partial charge in [0, 0.05) is 0 Å². The summed E-state index contributed by atoms with van der Waals surface area (Å²) in [5, 5.41) is 0. The van der Waals surface area contributed by atoms with E-state index in [0.717, 1.165) is 6.42 Å². The van der Waals surface area contributed by atoms with Crippen molar-refractivity contribution in [2.24, 2.45) is 0 Å². The highest BCUT2D eigenvalue weighted by Gasteiger charge is 1.85. The molecule has 1 heteroatoms. The zero-order chi connectivity index (χ0) is 8.36. The van der Waals surface area contributed by atoms with Crippen molar-refractivity contribution in [3.05, 3.63) is 23.7 Å². The topological polar surface area (TPSA) is 4.36 Å². The van der Waals surface area contributed by atoms with Gasteiger partial charge in [-0.25, -0.2) is 4.85 Å². The Bertz CT molecular complexity index is 130. The van der Waals surface area contributed by atoms with Gasteiger partial charge in [0.2, 0.25) is 0 Å². The fraction of sp³-hybridized carbons (Fsp3) is 0.700. The van der Waals surface area contributed by atoms with Crippen LogP contribution in [0, 0.1) is 6.57 Å². The van der Waals surface area contributed by atoms with E-state index in [1.807, 2.05) is 6.08 Å². The zero-order valence-corrected chi connectivity index (χ0v) is 7.34. The Hall–Kier alpha value is -0.770. The number of hydrogen-bond donors (Lipinski definition) is 0. The number of hydrogen-bond acceptors (Lipinski definition) is 0. The average molecular weight is 151 g/mol. The number of rotatable bonds is 6. The highest BCUT2D eigenvalue weighted by atomic mass is 14.6. The third-order valence-electron chi connectivity index (χ3n) is 1.65. The molecule has 0 aliphatic rings. The molecule has 0 heterocycles. The summed E-state index contributed by atoms with van der Waals surface area (Å²) in [5.74, 6) is 0. The van der Waals surface area contributed by atoms with E-state index < -0.39 is 0 Å².